The standard InChI is InChI=1S/C25H20FN3O4S/c1-16(30)17-6-10-21(11-7-17)29-15-23(25(31)27-20-5-3-4-19(26)14-20)24(28-29)18-8-12-22(13-9-18)34(2,32)33/h3-15H,1-2H3,(H,27,31). The van der Waals surface area contributed by atoms with Gasteiger partial charge in [-0.15, -0.1) is 0 Å². The summed E-state index contributed by atoms with van der Waals surface area (Å²) in [6, 6.07) is 18.3. The summed E-state index contributed by atoms with van der Waals surface area (Å²) in [5.74, 6) is -1.08. The first-order valence-electron chi connectivity index (χ1n) is 10.2. The van der Waals surface area contributed by atoms with Gasteiger partial charge in [0.05, 0.1) is 16.1 Å². The van der Waals surface area contributed by atoms with E-state index in [1.807, 2.05) is 0 Å². The smallest absolute Gasteiger partial charge is 0.259 e. The van der Waals surface area contributed by atoms with E-state index in [0.717, 1.165) is 6.26 Å². The van der Waals surface area contributed by atoms with Crippen LogP contribution >= 0.6 is 0 Å². The number of ketones is 1. The zero-order valence-corrected chi connectivity index (χ0v) is 19.1. The number of hydrogen-bond donors (Lipinski definition) is 1. The Bertz CT molecular complexity index is 1490. The van der Waals surface area contributed by atoms with Crippen LogP contribution in [0.4, 0.5) is 10.1 Å². The molecule has 1 N–H and O–H groups in total. The van der Waals surface area contributed by atoms with Gasteiger partial charge in [-0.2, -0.15) is 5.10 Å². The van der Waals surface area contributed by atoms with Crippen LogP contribution in [0.25, 0.3) is 16.9 Å². The summed E-state index contributed by atoms with van der Waals surface area (Å²) >= 11 is 0. The van der Waals surface area contributed by atoms with Gasteiger partial charge in [0.2, 0.25) is 0 Å². The molecule has 0 spiro atoms. The molecule has 0 saturated carbocycles. The number of aromatic nitrogens is 2. The van der Waals surface area contributed by atoms with Crippen molar-refractivity contribution in [2.45, 2.75) is 11.8 Å². The maximum atomic E-state index is 13.6. The molecule has 172 valence electrons. The minimum atomic E-state index is -3.39. The van der Waals surface area contributed by atoms with Crippen LogP contribution in [-0.4, -0.2) is 36.1 Å². The van der Waals surface area contributed by atoms with E-state index >= 15 is 0 Å². The number of hydrogen-bond acceptors (Lipinski definition) is 5. The third-order valence-corrected chi connectivity index (χ3v) is 6.26. The summed E-state index contributed by atoms with van der Waals surface area (Å²) in [6.45, 7) is 1.47. The topological polar surface area (TPSA) is 98.1 Å². The molecule has 0 bridgehead atoms. The molecule has 1 amide bonds. The van der Waals surface area contributed by atoms with E-state index in [0.29, 0.717) is 22.5 Å². The molecule has 0 aliphatic carbocycles. The van der Waals surface area contributed by atoms with Crippen molar-refractivity contribution in [3.63, 3.8) is 0 Å². The molecule has 4 rings (SSSR count). The Hall–Kier alpha value is -4.11. The van der Waals surface area contributed by atoms with Crippen LogP contribution in [0.15, 0.2) is 83.9 Å². The van der Waals surface area contributed by atoms with Crippen molar-refractivity contribution in [1.29, 1.82) is 0 Å². The molecule has 7 nitrogen and oxygen atoms in total. The Labute approximate surface area is 195 Å². The zero-order valence-electron chi connectivity index (χ0n) is 18.3. The van der Waals surface area contributed by atoms with Crippen LogP contribution in [0.1, 0.15) is 27.6 Å². The SMILES string of the molecule is CC(=O)c1ccc(-n2cc(C(=O)Nc3cccc(F)c3)c(-c3ccc(S(C)(=O)=O)cc3)n2)cc1. The van der Waals surface area contributed by atoms with Gasteiger partial charge in [-0.25, -0.2) is 17.5 Å². The summed E-state index contributed by atoms with van der Waals surface area (Å²) in [5, 5.41) is 7.21. The van der Waals surface area contributed by atoms with Crippen molar-refractivity contribution >= 4 is 27.2 Å². The fraction of sp³-hybridized carbons (Fsp3) is 0.0800. The molecule has 0 fully saturated rings. The van der Waals surface area contributed by atoms with Crippen molar-refractivity contribution in [2.75, 3.05) is 11.6 Å². The number of nitrogens with one attached hydrogen (secondary N) is 1. The number of carbonyl (C=O) groups is 2. The van der Waals surface area contributed by atoms with Crippen molar-refractivity contribution in [3.05, 3.63) is 95.9 Å². The molecule has 3 aromatic carbocycles. The highest BCUT2D eigenvalue weighted by atomic mass is 32.2. The second-order valence-corrected chi connectivity index (χ2v) is 9.72. The molecule has 0 unspecified atom stereocenters. The lowest BCUT2D eigenvalue weighted by Crippen LogP contribution is -2.12. The lowest BCUT2D eigenvalue weighted by molar-refractivity contribution is 0.101. The quantitative estimate of drug-likeness (QED) is 0.411. The summed E-state index contributed by atoms with van der Waals surface area (Å²) in [7, 11) is -3.39. The Morgan fingerprint density at radius 2 is 1.65 bits per heavy atom. The predicted molar refractivity (Wildman–Crippen MR) is 126 cm³/mol. The molecule has 1 aromatic heterocycles. The molecule has 1 heterocycles. The molecule has 4 aromatic rings. The molecular formula is C25H20FN3O4S. The van der Waals surface area contributed by atoms with E-state index in [2.05, 4.69) is 10.4 Å². The fourth-order valence-electron chi connectivity index (χ4n) is 3.36. The number of sulfone groups is 1. The van der Waals surface area contributed by atoms with E-state index in [9.17, 15) is 22.4 Å². The van der Waals surface area contributed by atoms with Crippen molar-refractivity contribution < 1.29 is 22.4 Å². The number of nitrogens with zero attached hydrogens (tertiary/aromatic N) is 2. The number of amides is 1. The Kier molecular flexibility index (Phi) is 6.12. The molecule has 0 radical (unpaired) electrons. The van der Waals surface area contributed by atoms with Crippen molar-refractivity contribution in [2.24, 2.45) is 0 Å². The van der Waals surface area contributed by atoms with Gasteiger partial charge in [0.1, 0.15) is 11.5 Å². The first kappa shape index (κ1) is 23.1. The third-order valence-electron chi connectivity index (χ3n) is 5.14. The van der Waals surface area contributed by atoms with Gasteiger partial charge in [-0.05, 0) is 61.5 Å². The summed E-state index contributed by atoms with van der Waals surface area (Å²) < 4.78 is 38.7. The second kappa shape index (κ2) is 9.03. The Morgan fingerprint density at radius 3 is 2.24 bits per heavy atom. The number of carbonyl (C=O) groups excluding carboxylic acids is 2. The van der Waals surface area contributed by atoms with Crippen molar-refractivity contribution in [3.8, 4) is 16.9 Å². The van der Waals surface area contributed by atoms with Gasteiger partial charge >= 0.3 is 0 Å². The highest BCUT2D eigenvalue weighted by Gasteiger charge is 2.20. The van der Waals surface area contributed by atoms with Crippen LogP contribution in [0.3, 0.4) is 0 Å². The van der Waals surface area contributed by atoms with E-state index in [1.165, 1.54) is 48.1 Å². The van der Waals surface area contributed by atoms with Gasteiger partial charge in [0, 0.05) is 29.3 Å². The second-order valence-electron chi connectivity index (χ2n) is 7.70. The number of benzene rings is 3. The first-order valence-corrected chi connectivity index (χ1v) is 12.1. The molecule has 0 aliphatic heterocycles. The normalized spacial score (nSPS) is 11.3. The van der Waals surface area contributed by atoms with Gasteiger partial charge < -0.3 is 5.32 Å². The van der Waals surface area contributed by atoms with Gasteiger partial charge in [0.15, 0.2) is 15.6 Å². The lowest BCUT2D eigenvalue weighted by Gasteiger charge is -2.06. The Morgan fingerprint density at radius 1 is 0.971 bits per heavy atom. The molecule has 0 aliphatic rings. The highest BCUT2D eigenvalue weighted by molar-refractivity contribution is 7.90. The summed E-state index contributed by atoms with van der Waals surface area (Å²) in [4.78, 5) is 24.8. The van der Waals surface area contributed by atoms with Crippen LogP contribution in [0.5, 0.6) is 0 Å². The fourth-order valence-corrected chi connectivity index (χ4v) is 3.99. The van der Waals surface area contributed by atoms with Gasteiger partial charge in [0.25, 0.3) is 5.91 Å². The van der Waals surface area contributed by atoms with Crippen LogP contribution in [0.2, 0.25) is 0 Å². The zero-order chi connectivity index (χ0) is 24.5. The van der Waals surface area contributed by atoms with Crippen LogP contribution in [-0.2, 0) is 9.84 Å². The maximum Gasteiger partial charge on any atom is 0.259 e. The molecule has 0 atom stereocenters. The van der Waals surface area contributed by atoms with Gasteiger partial charge in [-0.1, -0.05) is 18.2 Å². The highest BCUT2D eigenvalue weighted by Crippen LogP contribution is 2.26. The molecule has 0 saturated heterocycles. The minimum absolute atomic E-state index is 0.0752. The largest absolute Gasteiger partial charge is 0.322 e. The number of rotatable bonds is 6. The number of Topliss-reactive ketones (excluding diaryl/α,β-unsaturated/α-hetero) is 1. The van der Waals surface area contributed by atoms with E-state index < -0.39 is 21.6 Å². The van der Waals surface area contributed by atoms with E-state index in [4.69, 9.17) is 0 Å². The van der Waals surface area contributed by atoms with Crippen LogP contribution in [0, 0.1) is 5.82 Å². The average Bonchev–Trinajstić information content (AvgIpc) is 3.24. The predicted octanol–water partition coefficient (Wildman–Crippen LogP) is 4.54. The number of anilines is 1. The van der Waals surface area contributed by atoms with E-state index in [1.54, 1.807) is 42.5 Å². The van der Waals surface area contributed by atoms with E-state index in [-0.39, 0.29) is 21.9 Å². The number of halogens is 1. The molecule has 9 heteroatoms. The third kappa shape index (κ3) is 4.94. The summed E-state index contributed by atoms with van der Waals surface area (Å²) in [5.41, 5.74) is 2.47. The Balaban J connectivity index is 1.77. The van der Waals surface area contributed by atoms with Gasteiger partial charge in [-0.3, -0.25) is 9.59 Å². The maximum absolute atomic E-state index is 13.6. The summed E-state index contributed by atoms with van der Waals surface area (Å²) in [6.07, 6.45) is 2.64. The lowest BCUT2D eigenvalue weighted by atomic mass is 10.1. The average molecular weight is 478 g/mol. The molecule has 34 heavy (non-hydrogen) atoms. The van der Waals surface area contributed by atoms with Crippen molar-refractivity contribution in [1.82, 2.24) is 9.78 Å². The monoisotopic (exact) mass is 477 g/mol. The minimum Gasteiger partial charge on any atom is -0.322 e. The molecular weight excluding hydrogens is 457 g/mol. The van der Waals surface area contributed by atoms with Crippen LogP contribution < -0.4 is 5.32 Å². The first-order chi connectivity index (χ1) is 16.1.